The van der Waals surface area contributed by atoms with Crippen molar-refractivity contribution in [2.24, 2.45) is 0 Å². The third-order valence-corrected chi connectivity index (χ3v) is 6.99. The van der Waals surface area contributed by atoms with Crippen molar-refractivity contribution in [2.75, 3.05) is 18.1 Å². The van der Waals surface area contributed by atoms with Crippen molar-refractivity contribution >= 4 is 57.1 Å². The first kappa shape index (κ1) is 29.2. The normalized spacial score (nSPS) is 14.3. The van der Waals surface area contributed by atoms with Gasteiger partial charge in [0.25, 0.3) is 11.8 Å². The van der Waals surface area contributed by atoms with Gasteiger partial charge in [-0.3, -0.25) is 14.9 Å². The third-order valence-electron chi connectivity index (χ3n) is 5.94. The minimum absolute atomic E-state index is 0.233. The first-order valence-electron chi connectivity index (χ1n) is 12.8. The Morgan fingerprint density at radius 2 is 1.73 bits per heavy atom. The molecule has 1 aliphatic rings. The van der Waals surface area contributed by atoms with Gasteiger partial charge in [0.2, 0.25) is 0 Å². The van der Waals surface area contributed by atoms with Gasteiger partial charge in [-0.05, 0) is 67.4 Å². The lowest BCUT2D eigenvalue weighted by atomic mass is 10.1. The SMILES string of the molecule is CCCCOc1ccc(N2C(=O)NC(=O)/C(=C/c3cc(Cl)c(OCc4ccccc4Br)c(OCC)c3)C2=O)cc1. The van der Waals surface area contributed by atoms with Crippen molar-refractivity contribution in [3.05, 3.63) is 86.9 Å². The number of carbonyl (C=O) groups excluding carboxylic acids is 3. The molecule has 8 nitrogen and oxygen atoms in total. The highest BCUT2D eigenvalue weighted by Crippen LogP contribution is 2.38. The number of amides is 4. The van der Waals surface area contributed by atoms with Gasteiger partial charge in [0.05, 0.1) is 23.9 Å². The molecule has 4 rings (SSSR count). The number of nitrogens with one attached hydrogen (secondary N) is 1. The maximum atomic E-state index is 13.4. The lowest BCUT2D eigenvalue weighted by Gasteiger charge is -2.26. The molecule has 1 saturated heterocycles. The number of anilines is 1. The molecule has 0 atom stereocenters. The molecule has 0 bridgehead atoms. The summed E-state index contributed by atoms with van der Waals surface area (Å²) in [6, 6.07) is 16.5. The van der Waals surface area contributed by atoms with Crippen molar-refractivity contribution < 1.29 is 28.6 Å². The minimum atomic E-state index is -0.837. The summed E-state index contributed by atoms with van der Waals surface area (Å²) in [6.07, 6.45) is 3.28. The number of ether oxygens (including phenoxy) is 3. The van der Waals surface area contributed by atoms with Gasteiger partial charge in [0, 0.05) is 10.0 Å². The van der Waals surface area contributed by atoms with Gasteiger partial charge in [-0.1, -0.05) is 59.1 Å². The summed E-state index contributed by atoms with van der Waals surface area (Å²) in [4.78, 5) is 39.6. The summed E-state index contributed by atoms with van der Waals surface area (Å²) in [5.41, 5.74) is 1.41. The third kappa shape index (κ3) is 6.84. The van der Waals surface area contributed by atoms with Gasteiger partial charge in [0.1, 0.15) is 17.9 Å². The number of halogens is 2. The highest BCUT2D eigenvalue weighted by atomic mass is 79.9. The fourth-order valence-corrected chi connectivity index (χ4v) is 4.60. The molecule has 1 heterocycles. The Hall–Kier alpha value is -3.82. The zero-order valence-corrected chi connectivity index (χ0v) is 24.4. The van der Waals surface area contributed by atoms with Gasteiger partial charge in [0.15, 0.2) is 11.5 Å². The molecule has 3 aromatic rings. The largest absolute Gasteiger partial charge is 0.494 e. The first-order valence-corrected chi connectivity index (χ1v) is 14.0. The predicted octanol–water partition coefficient (Wildman–Crippen LogP) is 6.93. The maximum Gasteiger partial charge on any atom is 0.335 e. The Balaban J connectivity index is 1.60. The Kier molecular flexibility index (Phi) is 9.84. The summed E-state index contributed by atoms with van der Waals surface area (Å²) < 4.78 is 18.3. The van der Waals surface area contributed by atoms with Crippen LogP contribution in [-0.2, 0) is 16.2 Å². The van der Waals surface area contributed by atoms with Gasteiger partial charge >= 0.3 is 6.03 Å². The lowest BCUT2D eigenvalue weighted by molar-refractivity contribution is -0.122. The monoisotopic (exact) mass is 626 g/mol. The molecule has 1 fully saturated rings. The van der Waals surface area contributed by atoms with E-state index in [9.17, 15) is 14.4 Å². The van der Waals surface area contributed by atoms with Gasteiger partial charge in [-0.15, -0.1) is 0 Å². The molecule has 0 radical (unpaired) electrons. The number of rotatable bonds is 11. The van der Waals surface area contributed by atoms with Crippen molar-refractivity contribution in [3.8, 4) is 17.2 Å². The van der Waals surface area contributed by atoms with E-state index in [0.29, 0.717) is 41.7 Å². The molecule has 208 valence electrons. The summed E-state index contributed by atoms with van der Waals surface area (Å²) in [5.74, 6) is -0.275. The number of urea groups is 1. The van der Waals surface area contributed by atoms with E-state index in [0.717, 1.165) is 27.8 Å². The highest BCUT2D eigenvalue weighted by Gasteiger charge is 2.37. The van der Waals surface area contributed by atoms with Crippen LogP contribution >= 0.6 is 27.5 Å². The topological polar surface area (TPSA) is 94.2 Å². The van der Waals surface area contributed by atoms with Crippen LogP contribution in [0.2, 0.25) is 5.02 Å². The number of unbranched alkanes of at least 4 members (excludes halogenated alkanes) is 1. The zero-order valence-electron chi connectivity index (χ0n) is 22.0. The van der Waals surface area contributed by atoms with E-state index < -0.39 is 17.8 Å². The fourth-order valence-electron chi connectivity index (χ4n) is 3.92. The van der Waals surface area contributed by atoms with E-state index >= 15 is 0 Å². The van der Waals surface area contributed by atoms with Crippen molar-refractivity contribution in [2.45, 2.75) is 33.3 Å². The quantitative estimate of drug-likeness (QED) is 0.141. The summed E-state index contributed by atoms with van der Waals surface area (Å²) >= 11 is 10.1. The summed E-state index contributed by atoms with van der Waals surface area (Å²) in [7, 11) is 0. The van der Waals surface area contributed by atoms with E-state index in [2.05, 4.69) is 28.2 Å². The average Bonchev–Trinajstić information content (AvgIpc) is 2.92. The van der Waals surface area contributed by atoms with Crippen LogP contribution in [0.5, 0.6) is 17.2 Å². The molecular formula is C30H28BrClN2O6. The van der Waals surface area contributed by atoms with Crippen LogP contribution in [0.3, 0.4) is 0 Å². The van der Waals surface area contributed by atoms with E-state index in [1.807, 2.05) is 31.2 Å². The number of hydrogen-bond acceptors (Lipinski definition) is 6. The second-order valence-electron chi connectivity index (χ2n) is 8.80. The minimum Gasteiger partial charge on any atom is -0.494 e. The van der Waals surface area contributed by atoms with Crippen LogP contribution < -0.4 is 24.4 Å². The summed E-state index contributed by atoms with van der Waals surface area (Å²) in [6.45, 7) is 5.03. The highest BCUT2D eigenvalue weighted by molar-refractivity contribution is 9.10. The molecule has 0 aliphatic carbocycles. The number of carbonyl (C=O) groups is 3. The van der Waals surface area contributed by atoms with E-state index in [1.54, 1.807) is 36.4 Å². The van der Waals surface area contributed by atoms with E-state index in [4.69, 9.17) is 25.8 Å². The van der Waals surface area contributed by atoms with Crippen molar-refractivity contribution in [1.82, 2.24) is 5.32 Å². The van der Waals surface area contributed by atoms with Crippen molar-refractivity contribution in [3.63, 3.8) is 0 Å². The van der Waals surface area contributed by atoms with Gasteiger partial charge < -0.3 is 14.2 Å². The van der Waals surface area contributed by atoms with Gasteiger partial charge in [-0.2, -0.15) is 0 Å². The number of nitrogens with zero attached hydrogens (tertiary/aromatic N) is 1. The molecule has 0 saturated carbocycles. The molecule has 40 heavy (non-hydrogen) atoms. The van der Waals surface area contributed by atoms with Crippen LogP contribution in [-0.4, -0.2) is 31.1 Å². The molecular weight excluding hydrogens is 600 g/mol. The van der Waals surface area contributed by atoms with Crippen LogP contribution in [0.25, 0.3) is 6.08 Å². The molecule has 0 aromatic heterocycles. The Morgan fingerprint density at radius 3 is 2.42 bits per heavy atom. The molecule has 10 heteroatoms. The van der Waals surface area contributed by atoms with Crippen LogP contribution in [0.4, 0.5) is 10.5 Å². The number of imide groups is 2. The Morgan fingerprint density at radius 1 is 0.975 bits per heavy atom. The predicted molar refractivity (Wildman–Crippen MR) is 157 cm³/mol. The molecule has 1 aliphatic heterocycles. The lowest BCUT2D eigenvalue weighted by Crippen LogP contribution is -2.54. The first-order chi connectivity index (χ1) is 19.3. The summed E-state index contributed by atoms with van der Waals surface area (Å²) in [5, 5.41) is 2.47. The molecule has 4 amide bonds. The molecule has 1 N–H and O–H groups in total. The zero-order chi connectivity index (χ0) is 28.6. The maximum absolute atomic E-state index is 13.4. The second kappa shape index (κ2) is 13.5. The van der Waals surface area contributed by atoms with Crippen LogP contribution in [0.15, 0.2) is 70.7 Å². The average molecular weight is 628 g/mol. The molecule has 3 aromatic carbocycles. The standard InChI is InChI=1S/C30H28BrClN2O6/c1-3-5-14-39-22-12-10-21(11-13-22)34-29(36)23(28(35)33-30(34)37)15-19-16-25(32)27(26(17-19)38-4-2)40-18-20-8-6-7-9-24(20)31/h6-13,15-17H,3-5,14,18H2,1-2H3,(H,33,35,37)/b23-15-. The van der Waals surface area contributed by atoms with Crippen LogP contribution in [0.1, 0.15) is 37.8 Å². The number of hydrogen-bond donors (Lipinski definition) is 1. The Labute approximate surface area is 246 Å². The van der Waals surface area contributed by atoms with Gasteiger partial charge in [-0.25, -0.2) is 9.69 Å². The second-order valence-corrected chi connectivity index (χ2v) is 10.1. The smallest absolute Gasteiger partial charge is 0.335 e. The number of barbiturate groups is 1. The number of benzene rings is 3. The van der Waals surface area contributed by atoms with E-state index in [1.165, 1.54) is 6.08 Å². The fraction of sp³-hybridized carbons (Fsp3) is 0.233. The molecule has 0 spiro atoms. The van der Waals surface area contributed by atoms with Crippen LogP contribution in [0, 0.1) is 0 Å². The van der Waals surface area contributed by atoms with E-state index in [-0.39, 0.29) is 17.2 Å². The molecule has 0 unspecified atom stereocenters. The van der Waals surface area contributed by atoms with Crippen molar-refractivity contribution in [1.29, 1.82) is 0 Å². The Bertz CT molecular complexity index is 1440.